The molecule has 162 valence electrons. The van der Waals surface area contributed by atoms with Crippen LogP contribution in [0.5, 0.6) is 0 Å². The summed E-state index contributed by atoms with van der Waals surface area (Å²) in [5, 5.41) is 14.5. The highest BCUT2D eigenvalue weighted by molar-refractivity contribution is 7.99. The van der Waals surface area contributed by atoms with Crippen LogP contribution in [-0.2, 0) is 4.79 Å². The highest BCUT2D eigenvalue weighted by Crippen LogP contribution is 2.29. The molecule has 2 aromatic carbocycles. The number of aryl methyl sites for hydroxylation is 1. The zero-order valence-corrected chi connectivity index (χ0v) is 20.0. The number of hydrazone groups is 1. The van der Waals surface area contributed by atoms with Crippen LogP contribution in [0.25, 0.3) is 17.1 Å². The molecule has 1 N–H and O–H groups in total. The van der Waals surface area contributed by atoms with Crippen molar-refractivity contribution in [2.75, 3.05) is 5.75 Å². The molecule has 0 spiro atoms. The number of hydrogen-bond acceptors (Lipinski definition) is 6. The smallest absolute Gasteiger partial charge is 0.250 e. The molecule has 0 unspecified atom stereocenters. The Morgan fingerprint density at radius 2 is 1.75 bits per heavy atom. The van der Waals surface area contributed by atoms with Gasteiger partial charge in [0.15, 0.2) is 11.0 Å². The Labute approximate surface area is 203 Å². The highest BCUT2D eigenvalue weighted by Gasteiger charge is 2.17. The van der Waals surface area contributed by atoms with E-state index in [0.29, 0.717) is 21.0 Å². The van der Waals surface area contributed by atoms with E-state index in [1.165, 1.54) is 16.6 Å². The van der Waals surface area contributed by atoms with E-state index in [2.05, 4.69) is 20.7 Å². The van der Waals surface area contributed by atoms with E-state index in [-0.39, 0.29) is 11.7 Å². The molecular weight excluding hydrogens is 485 g/mol. The van der Waals surface area contributed by atoms with Gasteiger partial charge in [-0.3, -0.25) is 9.36 Å². The lowest BCUT2D eigenvalue weighted by molar-refractivity contribution is -0.118. The second kappa shape index (κ2) is 10.3. The first-order valence-electron chi connectivity index (χ1n) is 9.48. The summed E-state index contributed by atoms with van der Waals surface area (Å²) in [5.74, 6) is 0.531. The van der Waals surface area contributed by atoms with Crippen LogP contribution in [0.1, 0.15) is 9.75 Å². The average molecular weight is 502 g/mol. The van der Waals surface area contributed by atoms with Crippen LogP contribution in [0.4, 0.5) is 0 Å². The molecular formula is C22H17Cl2N5OS2. The van der Waals surface area contributed by atoms with Gasteiger partial charge in [0.05, 0.1) is 12.0 Å². The van der Waals surface area contributed by atoms with Gasteiger partial charge in [-0.2, -0.15) is 5.10 Å². The average Bonchev–Trinajstić information content (AvgIpc) is 3.39. The van der Waals surface area contributed by atoms with Gasteiger partial charge in [-0.25, -0.2) is 5.43 Å². The Balaban J connectivity index is 1.52. The molecule has 10 heteroatoms. The SMILES string of the molecule is Cc1ccc(/C=N/NC(=O)CSc2nnc(-c3ccc(Cl)cc3)n2-c2ccc(Cl)cc2)s1. The van der Waals surface area contributed by atoms with E-state index in [4.69, 9.17) is 23.2 Å². The number of aromatic nitrogens is 3. The minimum Gasteiger partial charge on any atom is -0.272 e. The molecule has 0 saturated heterocycles. The molecule has 0 aliphatic rings. The van der Waals surface area contributed by atoms with Crippen molar-refractivity contribution in [3.05, 3.63) is 80.5 Å². The first-order valence-corrected chi connectivity index (χ1v) is 12.0. The molecule has 0 bridgehead atoms. The molecule has 2 aromatic heterocycles. The van der Waals surface area contributed by atoms with E-state index in [1.54, 1.807) is 41.8 Å². The van der Waals surface area contributed by atoms with Gasteiger partial charge in [-0.1, -0.05) is 35.0 Å². The van der Waals surface area contributed by atoms with Crippen LogP contribution in [0.2, 0.25) is 10.0 Å². The van der Waals surface area contributed by atoms with Crippen molar-refractivity contribution < 1.29 is 4.79 Å². The zero-order valence-electron chi connectivity index (χ0n) is 16.8. The van der Waals surface area contributed by atoms with Gasteiger partial charge < -0.3 is 0 Å². The third-order valence-electron chi connectivity index (χ3n) is 4.30. The lowest BCUT2D eigenvalue weighted by Gasteiger charge is -2.10. The number of amides is 1. The van der Waals surface area contributed by atoms with Gasteiger partial charge in [0, 0.05) is 31.1 Å². The second-order valence-electron chi connectivity index (χ2n) is 6.66. The van der Waals surface area contributed by atoms with Crippen molar-refractivity contribution in [2.24, 2.45) is 5.10 Å². The maximum atomic E-state index is 12.3. The molecule has 0 fully saturated rings. The molecule has 0 aliphatic heterocycles. The fourth-order valence-electron chi connectivity index (χ4n) is 2.83. The predicted octanol–water partition coefficient (Wildman–Crippen LogP) is 5.85. The largest absolute Gasteiger partial charge is 0.272 e. The first kappa shape index (κ1) is 22.5. The summed E-state index contributed by atoms with van der Waals surface area (Å²) in [6, 6.07) is 18.7. The number of thioether (sulfide) groups is 1. The van der Waals surface area contributed by atoms with E-state index in [0.717, 1.165) is 16.1 Å². The normalized spacial score (nSPS) is 11.2. The van der Waals surface area contributed by atoms with Gasteiger partial charge in [-0.05, 0) is 67.6 Å². The fraction of sp³-hybridized carbons (Fsp3) is 0.0909. The number of nitrogens with one attached hydrogen (secondary N) is 1. The zero-order chi connectivity index (χ0) is 22.5. The monoisotopic (exact) mass is 501 g/mol. The van der Waals surface area contributed by atoms with Crippen LogP contribution < -0.4 is 5.43 Å². The topological polar surface area (TPSA) is 72.2 Å². The molecule has 32 heavy (non-hydrogen) atoms. The van der Waals surface area contributed by atoms with Crippen molar-refractivity contribution >= 4 is 58.4 Å². The molecule has 0 aliphatic carbocycles. The molecule has 0 saturated carbocycles. The number of thiophene rings is 1. The molecule has 0 radical (unpaired) electrons. The second-order valence-corrected chi connectivity index (χ2v) is 9.79. The summed E-state index contributed by atoms with van der Waals surface area (Å²) in [6.07, 6.45) is 1.63. The quantitative estimate of drug-likeness (QED) is 0.195. The maximum Gasteiger partial charge on any atom is 0.250 e. The van der Waals surface area contributed by atoms with Crippen LogP contribution in [-0.4, -0.2) is 32.6 Å². The summed E-state index contributed by atoms with van der Waals surface area (Å²) in [5.41, 5.74) is 4.23. The van der Waals surface area contributed by atoms with Gasteiger partial charge in [0.1, 0.15) is 0 Å². The van der Waals surface area contributed by atoms with Crippen LogP contribution in [0.15, 0.2) is 70.9 Å². The minimum absolute atomic E-state index is 0.132. The number of carbonyl (C=O) groups excluding carboxylic acids is 1. The van der Waals surface area contributed by atoms with E-state index < -0.39 is 0 Å². The van der Waals surface area contributed by atoms with Crippen molar-refractivity contribution in [1.82, 2.24) is 20.2 Å². The number of halogens is 2. The standard InChI is InChI=1S/C22H17Cl2N5OS2/c1-14-2-11-19(32-14)12-25-26-20(30)13-31-22-28-27-21(15-3-5-16(23)6-4-15)29(22)18-9-7-17(24)8-10-18/h2-12H,13H2,1H3,(H,26,30)/b25-12+. The van der Waals surface area contributed by atoms with Crippen molar-refractivity contribution in [3.8, 4) is 17.1 Å². The first-order chi connectivity index (χ1) is 15.5. The number of nitrogens with zero attached hydrogens (tertiary/aromatic N) is 4. The van der Waals surface area contributed by atoms with Crippen molar-refractivity contribution in [3.63, 3.8) is 0 Å². The van der Waals surface area contributed by atoms with Gasteiger partial charge >= 0.3 is 0 Å². The van der Waals surface area contributed by atoms with Crippen molar-refractivity contribution in [1.29, 1.82) is 0 Å². The Kier molecular flexibility index (Phi) is 7.26. The van der Waals surface area contributed by atoms with Gasteiger partial charge in [0.25, 0.3) is 5.91 Å². The summed E-state index contributed by atoms with van der Waals surface area (Å²) in [4.78, 5) is 14.5. The summed E-state index contributed by atoms with van der Waals surface area (Å²) < 4.78 is 1.88. The molecule has 2 heterocycles. The fourth-order valence-corrected chi connectivity index (χ4v) is 4.57. The third kappa shape index (κ3) is 5.58. The molecule has 0 atom stereocenters. The summed E-state index contributed by atoms with van der Waals surface area (Å²) >= 11 is 15.0. The lowest BCUT2D eigenvalue weighted by atomic mass is 10.2. The maximum absolute atomic E-state index is 12.3. The van der Waals surface area contributed by atoms with Crippen LogP contribution in [0, 0.1) is 6.92 Å². The molecule has 1 amide bonds. The summed E-state index contributed by atoms with van der Waals surface area (Å²) in [6.45, 7) is 2.02. The molecule has 6 nitrogen and oxygen atoms in total. The predicted molar refractivity (Wildman–Crippen MR) is 132 cm³/mol. The lowest BCUT2D eigenvalue weighted by Crippen LogP contribution is -2.19. The molecule has 4 rings (SSSR count). The third-order valence-corrected chi connectivity index (χ3v) is 6.66. The molecule has 4 aromatic rings. The Hall–Kier alpha value is -2.65. The van der Waals surface area contributed by atoms with E-state index in [9.17, 15) is 4.79 Å². The summed E-state index contributed by atoms with van der Waals surface area (Å²) in [7, 11) is 0. The number of rotatable bonds is 7. The van der Waals surface area contributed by atoms with Crippen LogP contribution >= 0.6 is 46.3 Å². The van der Waals surface area contributed by atoms with Gasteiger partial charge in [-0.15, -0.1) is 21.5 Å². The van der Waals surface area contributed by atoms with E-state index in [1.807, 2.05) is 47.9 Å². The number of hydrogen-bond donors (Lipinski definition) is 1. The minimum atomic E-state index is -0.238. The highest BCUT2D eigenvalue weighted by atomic mass is 35.5. The number of carbonyl (C=O) groups is 1. The Morgan fingerprint density at radius 3 is 2.41 bits per heavy atom. The Morgan fingerprint density at radius 1 is 1.06 bits per heavy atom. The van der Waals surface area contributed by atoms with E-state index >= 15 is 0 Å². The Bertz CT molecular complexity index is 1250. The van der Waals surface area contributed by atoms with Crippen LogP contribution in [0.3, 0.4) is 0 Å². The number of benzene rings is 2. The van der Waals surface area contributed by atoms with Crippen molar-refractivity contribution in [2.45, 2.75) is 12.1 Å². The van der Waals surface area contributed by atoms with Gasteiger partial charge in [0.2, 0.25) is 0 Å².